The van der Waals surface area contributed by atoms with Gasteiger partial charge in [0.2, 0.25) is 5.91 Å². The Hall–Kier alpha value is -2.23. The maximum Gasteiger partial charge on any atom is 0.224 e. The predicted octanol–water partition coefficient (Wildman–Crippen LogP) is 3.10. The van der Waals surface area contributed by atoms with Crippen molar-refractivity contribution in [2.75, 3.05) is 5.32 Å². The van der Waals surface area contributed by atoms with E-state index in [9.17, 15) is 9.18 Å². The van der Waals surface area contributed by atoms with Crippen LogP contribution in [0.15, 0.2) is 42.6 Å². The molecule has 0 aliphatic carbocycles. The van der Waals surface area contributed by atoms with E-state index < -0.39 is 0 Å². The maximum atomic E-state index is 12.7. The second-order valence-corrected chi connectivity index (χ2v) is 4.36. The van der Waals surface area contributed by atoms with Crippen LogP contribution in [-0.2, 0) is 11.2 Å². The largest absolute Gasteiger partial charge is 0.326 e. The zero-order chi connectivity index (χ0) is 13.7. The summed E-state index contributed by atoms with van der Waals surface area (Å²) in [5.74, 6) is -0.324. The number of hydrogen-bond acceptors (Lipinski definition) is 2. The highest BCUT2D eigenvalue weighted by Crippen LogP contribution is 2.09. The smallest absolute Gasteiger partial charge is 0.224 e. The van der Waals surface area contributed by atoms with E-state index in [2.05, 4.69) is 10.3 Å². The van der Waals surface area contributed by atoms with E-state index in [4.69, 9.17) is 0 Å². The van der Waals surface area contributed by atoms with Gasteiger partial charge in [0, 0.05) is 24.0 Å². The van der Waals surface area contributed by atoms with Crippen molar-refractivity contribution in [2.24, 2.45) is 0 Å². The molecule has 0 atom stereocenters. The third kappa shape index (κ3) is 4.17. The molecule has 0 radical (unpaired) electrons. The highest BCUT2D eigenvalue weighted by molar-refractivity contribution is 5.90. The van der Waals surface area contributed by atoms with Gasteiger partial charge in [-0.1, -0.05) is 12.1 Å². The Balaban J connectivity index is 1.86. The molecule has 0 saturated carbocycles. The number of benzene rings is 1. The molecular formula is C15H15FN2O. The number of amides is 1. The molecule has 0 saturated heterocycles. The molecule has 0 bridgehead atoms. The van der Waals surface area contributed by atoms with Gasteiger partial charge in [-0.05, 0) is 43.2 Å². The number of halogens is 1. The maximum absolute atomic E-state index is 12.7. The van der Waals surface area contributed by atoms with E-state index in [0.29, 0.717) is 12.8 Å². The first-order chi connectivity index (χ1) is 9.13. The van der Waals surface area contributed by atoms with Gasteiger partial charge in [0.1, 0.15) is 5.82 Å². The first-order valence-corrected chi connectivity index (χ1v) is 6.10. The van der Waals surface area contributed by atoms with E-state index in [-0.39, 0.29) is 11.7 Å². The van der Waals surface area contributed by atoms with Crippen LogP contribution >= 0.6 is 0 Å². The lowest BCUT2D eigenvalue weighted by Crippen LogP contribution is -2.12. The minimum atomic E-state index is -0.263. The SMILES string of the molecule is Cc1cc(NC(=O)CCc2ccc(F)cc2)ccn1. The molecule has 3 nitrogen and oxygen atoms in total. The molecule has 2 rings (SSSR count). The van der Waals surface area contributed by atoms with Crippen molar-refractivity contribution in [1.82, 2.24) is 4.98 Å². The van der Waals surface area contributed by atoms with Crippen molar-refractivity contribution in [2.45, 2.75) is 19.8 Å². The van der Waals surface area contributed by atoms with Gasteiger partial charge < -0.3 is 5.32 Å². The van der Waals surface area contributed by atoms with Crippen molar-refractivity contribution in [3.05, 3.63) is 59.7 Å². The van der Waals surface area contributed by atoms with Gasteiger partial charge in [-0.2, -0.15) is 0 Å². The summed E-state index contributed by atoms with van der Waals surface area (Å²) in [6.07, 6.45) is 2.62. The van der Waals surface area contributed by atoms with Crippen LogP contribution in [0.3, 0.4) is 0 Å². The summed E-state index contributed by atoms with van der Waals surface area (Å²) in [7, 11) is 0. The number of rotatable bonds is 4. The fourth-order valence-electron chi connectivity index (χ4n) is 1.76. The molecule has 0 aliphatic rings. The van der Waals surface area contributed by atoms with Gasteiger partial charge in [0.25, 0.3) is 0 Å². The number of anilines is 1. The van der Waals surface area contributed by atoms with Crippen molar-refractivity contribution in [3.63, 3.8) is 0 Å². The molecule has 19 heavy (non-hydrogen) atoms. The summed E-state index contributed by atoms with van der Waals surface area (Å²) < 4.78 is 12.7. The Morgan fingerprint density at radius 1 is 1.26 bits per heavy atom. The average molecular weight is 258 g/mol. The zero-order valence-electron chi connectivity index (χ0n) is 10.7. The van der Waals surface area contributed by atoms with Crippen LogP contribution in [0.25, 0.3) is 0 Å². The molecule has 1 aromatic heterocycles. The number of pyridine rings is 1. The minimum Gasteiger partial charge on any atom is -0.326 e. The number of carbonyl (C=O) groups excluding carboxylic acids is 1. The van der Waals surface area contributed by atoms with Gasteiger partial charge in [0.15, 0.2) is 0 Å². The van der Waals surface area contributed by atoms with Crippen molar-refractivity contribution in [1.29, 1.82) is 0 Å². The van der Waals surface area contributed by atoms with Gasteiger partial charge in [0.05, 0.1) is 0 Å². The molecule has 0 fully saturated rings. The number of nitrogens with zero attached hydrogens (tertiary/aromatic N) is 1. The lowest BCUT2D eigenvalue weighted by Gasteiger charge is -2.05. The summed E-state index contributed by atoms with van der Waals surface area (Å²) in [5.41, 5.74) is 2.55. The topological polar surface area (TPSA) is 42.0 Å². The van der Waals surface area contributed by atoms with Crippen LogP contribution in [0.5, 0.6) is 0 Å². The third-order valence-electron chi connectivity index (χ3n) is 2.73. The fraction of sp³-hybridized carbons (Fsp3) is 0.200. The van der Waals surface area contributed by atoms with Crippen LogP contribution in [0, 0.1) is 12.7 Å². The number of nitrogens with one attached hydrogen (secondary N) is 1. The van der Waals surface area contributed by atoms with Crippen molar-refractivity contribution < 1.29 is 9.18 Å². The Kier molecular flexibility index (Phi) is 4.23. The quantitative estimate of drug-likeness (QED) is 0.915. The summed E-state index contributed by atoms with van der Waals surface area (Å²) in [6.45, 7) is 1.87. The Labute approximate surface area is 111 Å². The van der Waals surface area contributed by atoms with E-state index in [1.807, 2.05) is 13.0 Å². The molecule has 0 aliphatic heterocycles. The molecular weight excluding hydrogens is 243 g/mol. The van der Waals surface area contributed by atoms with Gasteiger partial charge in [-0.3, -0.25) is 9.78 Å². The second kappa shape index (κ2) is 6.09. The third-order valence-corrected chi connectivity index (χ3v) is 2.73. The fourth-order valence-corrected chi connectivity index (χ4v) is 1.76. The molecule has 0 spiro atoms. The normalized spacial score (nSPS) is 10.2. The van der Waals surface area contributed by atoms with E-state index in [1.165, 1.54) is 12.1 Å². The molecule has 1 amide bonds. The average Bonchev–Trinajstić information content (AvgIpc) is 2.38. The van der Waals surface area contributed by atoms with Crippen LogP contribution in [0.4, 0.5) is 10.1 Å². The molecule has 1 aromatic carbocycles. The minimum absolute atomic E-state index is 0.0603. The van der Waals surface area contributed by atoms with Crippen LogP contribution < -0.4 is 5.32 Å². The van der Waals surface area contributed by atoms with Crippen molar-refractivity contribution >= 4 is 11.6 Å². The molecule has 0 unspecified atom stereocenters. The van der Waals surface area contributed by atoms with E-state index in [0.717, 1.165) is 16.9 Å². The van der Waals surface area contributed by atoms with Gasteiger partial charge in [-0.15, -0.1) is 0 Å². The van der Waals surface area contributed by atoms with E-state index >= 15 is 0 Å². The van der Waals surface area contributed by atoms with Crippen LogP contribution in [0.2, 0.25) is 0 Å². The summed E-state index contributed by atoms with van der Waals surface area (Å²) in [6, 6.07) is 9.76. The highest BCUT2D eigenvalue weighted by Gasteiger charge is 2.03. The molecule has 2 aromatic rings. The molecule has 1 heterocycles. The zero-order valence-corrected chi connectivity index (χ0v) is 10.7. The summed E-state index contributed by atoms with van der Waals surface area (Å²) >= 11 is 0. The lowest BCUT2D eigenvalue weighted by atomic mass is 10.1. The van der Waals surface area contributed by atoms with Gasteiger partial charge in [-0.25, -0.2) is 4.39 Å². The second-order valence-electron chi connectivity index (χ2n) is 4.36. The number of aryl methyl sites for hydroxylation is 2. The first kappa shape index (κ1) is 13.2. The summed E-state index contributed by atoms with van der Waals surface area (Å²) in [5, 5.41) is 2.81. The van der Waals surface area contributed by atoms with Crippen molar-refractivity contribution in [3.8, 4) is 0 Å². The molecule has 98 valence electrons. The summed E-state index contributed by atoms with van der Waals surface area (Å²) in [4.78, 5) is 15.8. The number of hydrogen-bond donors (Lipinski definition) is 1. The number of aromatic nitrogens is 1. The van der Waals surface area contributed by atoms with Gasteiger partial charge >= 0.3 is 0 Å². The van der Waals surface area contributed by atoms with E-state index in [1.54, 1.807) is 24.4 Å². The van der Waals surface area contributed by atoms with Crippen LogP contribution in [0.1, 0.15) is 17.7 Å². The Morgan fingerprint density at radius 2 is 2.00 bits per heavy atom. The Bertz CT molecular complexity index is 567. The lowest BCUT2D eigenvalue weighted by molar-refractivity contribution is -0.116. The van der Waals surface area contributed by atoms with Crippen LogP contribution in [-0.4, -0.2) is 10.9 Å². The first-order valence-electron chi connectivity index (χ1n) is 6.10. The monoisotopic (exact) mass is 258 g/mol. The standard InChI is InChI=1S/C15H15FN2O/c1-11-10-14(8-9-17-11)18-15(19)7-4-12-2-5-13(16)6-3-12/h2-3,5-6,8-10H,4,7H2,1H3,(H,17,18,19). The predicted molar refractivity (Wildman–Crippen MR) is 72.3 cm³/mol. The number of carbonyl (C=O) groups is 1. The molecule has 1 N–H and O–H groups in total. The molecule has 4 heteroatoms. The Morgan fingerprint density at radius 3 is 2.68 bits per heavy atom. The highest BCUT2D eigenvalue weighted by atomic mass is 19.1.